The Kier molecular flexibility index (Phi) is 6.06. The van der Waals surface area contributed by atoms with Gasteiger partial charge in [-0.1, -0.05) is 18.2 Å². The molecule has 1 heterocycles. The number of aryl methyl sites for hydroxylation is 1. The number of hydrogen-bond donors (Lipinski definition) is 0. The largest absolute Gasteiger partial charge is 0.435 e. The number of alkyl halides is 2. The lowest BCUT2D eigenvalue weighted by atomic mass is 10.2. The first kappa shape index (κ1) is 17.7. The second-order valence-corrected chi connectivity index (χ2v) is 5.25. The molecular formula is C17H18F2N2O3. The van der Waals surface area contributed by atoms with E-state index in [-0.39, 0.29) is 23.6 Å². The van der Waals surface area contributed by atoms with Crippen LogP contribution in [0.15, 0.2) is 53.5 Å². The zero-order chi connectivity index (χ0) is 17.5. The Morgan fingerprint density at radius 1 is 1.21 bits per heavy atom. The van der Waals surface area contributed by atoms with Crippen LogP contribution in [0.4, 0.5) is 8.78 Å². The summed E-state index contributed by atoms with van der Waals surface area (Å²) in [6.45, 7) is -2.21. The van der Waals surface area contributed by atoms with Crippen LogP contribution in [-0.4, -0.2) is 29.0 Å². The highest BCUT2D eigenvalue weighted by Gasteiger charge is 2.10. The first-order valence-corrected chi connectivity index (χ1v) is 7.39. The van der Waals surface area contributed by atoms with Crippen molar-refractivity contribution >= 4 is 5.91 Å². The number of amides is 1. The molecular weight excluding hydrogens is 318 g/mol. The fourth-order valence-corrected chi connectivity index (χ4v) is 2.19. The summed E-state index contributed by atoms with van der Waals surface area (Å²) in [5.74, 6) is -0.0372. The van der Waals surface area contributed by atoms with E-state index in [1.165, 1.54) is 27.7 Å². The van der Waals surface area contributed by atoms with Gasteiger partial charge in [-0.3, -0.25) is 9.59 Å². The number of halogens is 2. The summed E-state index contributed by atoms with van der Waals surface area (Å²) in [4.78, 5) is 25.2. The number of nitrogens with zero attached hydrogens (tertiary/aromatic N) is 2. The molecule has 0 spiro atoms. The zero-order valence-electron chi connectivity index (χ0n) is 13.2. The van der Waals surface area contributed by atoms with Crippen LogP contribution in [0, 0.1) is 0 Å². The van der Waals surface area contributed by atoms with Crippen LogP contribution in [-0.2, 0) is 17.9 Å². The number of ether oxygens (including phenoxy) is 1. The average molecular weight is 336 g/mol. The molecule has 0 saturated carbocycles. The molecule has 1 amide bonds. The minimum atomic E-state index is -2.86. The van der Waals surface area contributed by atoms with E-state index >= 15 is 0 Å². The van der Waals surface area contributed by atoms with E-state index in [4.69, 9.17) is 0 Å². The number of hydrogen-bond acceptors (Lipinski definition) is 3. The van der Waals surface area contributed by atoms with Crippen molar-refractivity contribution < 1.29 is 18.3 Å². The molecule has 24 heavy (non-hydrogen) atoms. The summed E-state index contributed by atoms with van der Waals surface area (Å²) in [6.07, 6.45) is 1.84. The van der Waals surface area contributed by atoms with Gasteiger partial charge in [0.15, 0.2) is 0 Å². The van der Waals surface area contributed by atoms with Gasteiger partial charge in [-0.05, 0) is 23.8 Å². The predicted molar refractivity (Wildman–Crippen MR) is 84.9 cm³/mol. The summed E-state index contributed by atoms with van der Waals surface area (Å²) in [5.41, 5.74) is 0.645. The molecule has 0 bridgehead atoms. The van der Waals surface area contributed by atoms with Crippen LogP contribution in [0.2, 0.25) is 0 Å². The number of benzene rings is 1. The lowest BCUT2D eigenvalue weighted by Gasteiger charge is -2.18. The van der Waals surface area contributed by atoms with Gasteiger partial charge in [0.1, 0.15) is 5.75 Å². The number of carbonyl (C=O) groups is 1. The molecule has 1 aromatic heterocycles. The van der Waals surface area contributed by atoms with E-state index in [0.717, 1.165) is 5.56 Å². The van der Waals surface area contributed by atoms with Crippen molar-refractivity contribution in [2.24, 2.45) is 0 Å². The van der Waals surface area contributed by atoms with E-state index in [1.807, 2.05) is 0 Å². The third-order valence-corrected chi connectivity index (χ3v) is 3.46. The van der Waals surface area contributed by atoms with Crippen molar-refractivity contribution in [3.8, 4) is 5.75 Å². The molecule has 0 unspecified atom stereocenters. The Bertz CT molecular complexity index is 729. The molecule has 0 saturated heterocycles. The van der Waals surface area contributed by atoms with Crippen molar-refractivity contribution in [2.45, 2.75) is 26.1 Å². The van der Waals surface area contributed by atoms with Crippen LogP contribution in [0.3, 0.4) is 0 Å². The maximum Gasteiger partial charge on any atom is 0.387 e. The molecule has 0 aliphatic heterocycles. The molecule has 1 aromatic carbocycles. The van der Waals surface area contributed by atoms with Gasteiger partial charge in [0.2, 0.25) is 5.91 Å². The summed E-state index contributed by atoms with van der Waals surface area (Å²) in [6, 6.07) is 10.9. The first-order chi connectivity index (χ1) is 11.5. The summed E-state index contributed by atoms with van der Waals surface area (Å²) in [7, 11) is 1.65. The topological polar surface area (TPSA) is 51.5 Å². The molecule has 0 aliphatic carbocycles. The smallest absolute Gasteiger partial charge is 0.387 e. The van der Waals surface area contributed by atoms with Gasteiger partial charge < -0.3 is 14.2 Å². The highest BCUT2D eigenvalue weighted by atomic mass is 19.3. The average Bonchev–Trinajstić information content (AvgIpc) is 2.55. The van der Waals surface area contributed by atoms with Gasteiger partial charge in [-0.25, -0.2) is 0 Å². The summed E-state index contributed by atoms with van der Waals surface area (Å²) >= 11 is 0. The molecule has 7 heteroatoms. The van der Waals surface area contributed by atoms with Gasteiger partial charge in [-0.2, -0.15) is 8.78 Å². The highest BCUT2D eigenvalue weighted by molar-refractivity contribution is 5.75. The van der Waals surface area contributed by atoms with Crippen molar-refractivity contribution in [1.82, 2.24) is 9.47 Å². The second-order valence-electron chi connectivity index (χ2n) is 5.25. The number of aromatic nitrogens is 1. The van der Waals surface area contributed by atoms with E-state index in [1.54, 1.807) is 37.5 Å². The molecule has 0 N–H and O–H groups in total. The predicted octanol–water partition coefficient (Wildman–Crippen LogP) is 2.50. The lowest BCUT2D eigenvalue weighted by Crippen LogP contribution is -2.28. The summed E-state index contributed by atoms with van der Waals surface area (Å²) in [5, 5.41) is 0. The SMILES string of the molecule is CN(Cc1ccc(OC(F)F)cc1)C(=O)CCn1ccccc1=O. The Morgan fingerprint density at radius 2 is 1.92 bits per heavy atom. The van der Waals surface area contributed by atoms with Crippen molar-refractivity contribution in [1.29, 1.82) is 0 Å². The maximum atomic E-state index is 12.1. The third-order valence-electron chi connectivity index (χ3n) is 3.46. The van der Waals surface area contributed by atoms with Crippen LogP contribution in [0.25, 0.3) is 0 Å². The fourth-order valence-electron chi connectivity index (χ4n) is 2.19. The van der Waals surface area contributed by atoms with E-state index < -0.39 is 6.61 Å². The van der Waals surface area contributed by atoms with E-state index in [0.29, 0.717) is 13.1 Å². The highest BCUT2D eigenvalue weighted by Crippen LogP contribution is 2.16. The Morgan fingerprint density at radius 3 is 2.54 bits per heavy atom. The number of pyridine rings is 1. The fraction of sp³-hybridized carbons (Fsp3) is 0.294. The first-order valence-electron chi connectivity index (χ1n) is 7.39. The molecule has 0 fully saturated rings. The number of carbonyl (C=O) groups excluding carboxylic acids is 1. The minimum Gasteiger partial charge on any atom is -0.435 e. The molecule has 0 radical (unpaired) electrons. The van der Waals surface area contributed by atoms with Gasteiger partial charge in [0.05, 0.1) is 0 Å². The van der Waals surface area contributed by atoms with Gasteiger partial charge in [0, 0.05) is 38.8 Å². The molecule has 128 valence electrons. The molecule has 0 aliphatic rings. The van der Waals surface area contributed by atoms with E-state index in [2.05, 4.69) is 4.74 Å². The summed E-state index contributed by atoms with van der Waals surface area (Å²) < 4.78 is 29.9. The van der Waals surface area contributed by atoms with Crippen molar-refractivity contribution in [2.75, 3.05) is 7.05 Å². The Labute approximate surface area is 138 Å². The molecule has 2 rings (SSSR count). The van der Waals surface area contributed by atoms with Gasteiger partial charge in [-0.15, -0.1) is 0 Å². The third kappa shape index (κ3) is 5.19. The number of rotatable bonds is 7. The van der Waals surface area contributed by atoms with Crippen LogP contribution >= 0.6 is 0 Å². The minimum absolute atomic E-state index is 0.0752. The van der Waals surface area contributed by atoms with Gasteiger partial charge in [0.25, 0.3) is 5.56 Å². The molecule has 0 atom stereocenters. The lowest BCUT2D eigenvalue weighted by molar-refractivity contribution is -0.130. The second kappa shape index (κ2) is 8.24. The van der Waals surface area contributed by atoms with Crippen LogP contribution in [0.5, 0.6) is 5.75 Å². The van der Waals surface area contributed by atoms with Crippen LogP contribution < -0.4 is 10.3 Å². The Hall–Kier alpha value is -2.70. The van der Waals surface area contributed by atoms with Crippen molar-refractivity contribution in [3.63, 3.8) is 0 Å². The monoisotopic (exact) mass is 336 g/mol. The zero-order valence-corrected chi connectivity index (χ0v) is 13.2. The molecule has 2 aromatic rings. The normalized spacial score (nSPS) is 10.7. The van der Waals surface area contributed by atoms with Crippen molar-refractivity contribution in [3.05, 3.63) is 64.6 Å². The standard InChI is InChI=1S/C17H18F2N2O3/c1-20(12-13-5-7-14(8-6-13)24-17(18)19)15(22)9-11-21-10-3-2-4-16(21)23/h2-8,10,17H,9,11-12H2,1H3. The van der Waals surface area contributed by atoms with E-state index in [9.17, 15) is 18.4 Å². The Balaban J connectivity index is 1.87. The quantitative estimate of drug-likeness (QED) is 0.781. The molecule has 5 nitrogen and oxygen atoms in total. The van der Waals surface area contributed by atoms with Gasteiger partial charge >= 0.3 is 6.61 Å². The maximum absolute atomic E-state index is 12.1. The van der Waals surface area contributed by atoms with Crippen LogP contribution in [0.1, 0.15) is 12.0 Å².